The monoisotopic (exact) mass is 202 g/mol. The van der Waals surface area contributed by atoms with Gasteiger partial charge in [-0.25, -0.2) is 0 Å². The van der Waals surface area contributed by atoms with Gasteiger partial charge in [-0.3, -0.25) is 4.79 Å². The highest BCUT2D eigenvalue weighted by molar-refractivity contribution is 5.71. The standard InChI is InChI=1S/C9H14O5/c1-9(2)12-4-6-8(14-9)5(10)3-7(11)13-6/h5-6,8,10H,3-4H2,1-2H3/t5-,6-,8+/m1/s1. The lowest BCUT2D eigenvalue weighted by Crippen LogP contribution is -2.58. The second-order valence-electron chi connectivity index (χ2n) is 4.09. The van der Waals surface area contributed by atoms with Crippen molar-refractivity contribution in [1.29, 1.82) is 0 Å². The molecule has 5 heteroatoms. The zero-order valence-corrected chi connectivity index (χ0v) is 8.23. The summed E-state index contributed by atoms with van der Waals surface area (Å²) >= 11 is 0. The van der Waals surface area contributed by atoms with Crippen LogP contribution in [-0.4, -0.2) is 41.8 Å². The van der Waals surface area contributed by atoms with Gasteiger partial charge in [0.1, 0.15) is 6.10 Å². The maximum absolute atomic E-state index is 11.0. The molecule has 2 aliphatic heterocycles. The summed E-state index contributed by atoms with van der Waals surface area (Å²) in [5, 5.41) is 9.63. The first-order valence-corrected chi connectivity index (χ1v) is 4.67. The largest absolute Gasteiger partial charge is 0.457 e. The summed E-state index contributed by atoms with van der Waals surface area (Å²) in [6, 6.07) is 0. The van der Waals surface area contributed by atoms with Crippen molar-refractivity contribution in [3.05, 3.63) is 0 Å². The molecular formula is C9H14O5. The van der Waals surface area contributed by atoms with E-state index in [0.717, 1.165) is 0 Å². The number of esters is 1. The highest BCUT2D eigenvalue weighted by Crippen LogP contribution is 2.29. The molecule has 0 aromatic carbocycles. The first kappa shape index (κ1) is 9.89. The summed E-state index contributed by atoms with van der Waals surface area (Å²) in [6.45, 7) is 3.82. The molecule has 2 heterocycles. The number of aliphatic hydroxyl groups is 1. The third-order valence-electron chi connectivity index (χ3n) is 2.42. The fourth-order valence-electron chi connectivity index (χ4n) is 1.75. The van der Waals surface area contributed by atoms with Crippen molar-refractivity contribution in [1.82, 2.24) is 0 Å². The molecule has 14 heavy (non-hydrogen) atoms. The van der Waals surface area contributed by atoms with E-state index in [9.17, 15) is 9.90 Å². The van der Waals surface area contributed by atoms with Crippen molar-refractivity contribution < 1.29 is 24.1 Å². The minimum Gasteiger partial charge on any atom is -0.457 e. The minimum absolute atomic E-state index is 0.00273. The van der Waals surface area contributed by atoms with Crippen molar-refractivity contribution in [2.45, 2.75) is 44.4 Å². The van der Waals surface area contributed by atoms with Crippen LogP contribution in [0.5, 0.6) is 0 Å². The normalized spacial score (nSPS) is 41.4. The molecule has 2 aliphatic rings. The molecule has 5 nitrogen and oxygen atoms in total. The predicted octanol–water partition coefficient (Wildman–Crippen LogP) is -0.186. The van der Waals surface area contributed by atoms with E-state index in [0.29, 0.717) is 0 Å². The smallest absolute Gasteiger partial charge is 0.308 e. The van der Waals surface area contributed by atoms with Crippen LogP contribution in [0.25, 0.3) is 0 Å². The lowest BCUT2D eigenvalue weighted by atomic mass is 10.0. The van der Waals surface area contributed by atoms with Crippen molar-refractivity contribution in [2.75, 3.05) is 6.61 Å². The number of carbonyl (C=O) groups is 1. The average Bonchev–Trinajstić information content (AvgIpc) is 2.06. The van der Waals surface area contributed by atoms with Crippen molar-refractivity contribution in [3.8, 4) is 0 Å². The minimum atomic E-state index is -0.788. The van der Waals surface area contributed by atoms with Crippen LogP contribution < -0.4 is 0 Å². The van der Waals surface area contributed by atoms with Crippen LogP contribution in [0.1, 0.15) is 20.3 Å². The van der Waals surface area contributed by atoms with E-state index in [1.165, 1.54) is 0 Å². The molecule has 0 aliphatic carbocycles. The van der Waals surface area contributed by atoms with E-state index >= 15 is 0 Å². The highest BCUT2D eigenvalue weighted by Gasteiger charge is 2.46. The van der Waals surface area contributed by atoms with Gasteiger partial charge in [0.25, 0.3) is 0 Å². The van der Waals surface area contributed by atoms with E-state index in [1.807, 2.05) is 0 Å². The summed E-state index contributed by atoms with van der Waals surface area (Å²) < 4.78 is 15.8. The molecule has 3 atom stereocenters. The molecule has 1 N–H and O–H groups in total. The maximum atomic E-state index is 11.0. The van der Waals surface area contributed by atoms with Crippen LogP contribution in [0.15, 0.2) is 0 Å². The Bertz CT molecular complexity index is 250. The Morgan fingerprint density at radius 1 is 1.50 bits per heavy atom. The van der Waals surface area contributed by atoms with Crippen LogP contribution in [0, 0.1) is 0 Å². The molecule has 0 spiro atoms. The molecule has 0 unspecified atom stereocenters. The summed E-state index contributed by atoms with van der Waals surface area (Å²) in [7, 11) is 0. The van der Waals surface area contributed by atoms with Crippen LogP contribution >= 0.6 is 0 Å². The molecule has 0 radical (unpaired) electrons. The zero-order chi connectivity index (χ0) is 10.3. The van der Waals surface area contributed by atoms with Gasteiger partial charge < -0.3 is 19.3 Å². The van der Waals surface area contributed by atoms with Crippen LogP contribution in [0.3, 0.4) is 0 Å². The fourth-order valence-corrected chi connectivity index (χ4v) is 1.75. The van der Waals surface area contributed by atoms with Gasteiger partial charge in [0.15, 0.2) is 11.9 Å². The number of hydrogen-bond acceptors (Lipinski definition) is 5. The zero-order valence-electron chi connectivity index (χ0n) is 8.23. The Balaban J connectivity index is 2.10. The Hall–Kier alpha value is -0.650. The summed E-state index contributed by atoms with van der Waals surface area (Å²) in [5.74, 6) is -1.11. The second-order valence-corrected chi connectivity index (χ2v) is 4.09. The average molecular weight is 202 g/mol. The second kappa shape index (κ2) is 3.18. The van der Waals surface area contributed by atoms with Gasteiger partial charge in [0.2, 0.25) is 0 Å². The molecule has 2 rings (SSSR count). The predicted molar refractivity (Wildman–Crippen MR) is 45.4 cm³/mol. The molecule has 2 saturated heterocycles. The summed E-state index contributed by atoms with van der Waals surface area (Å²) in [4.78, 5) is 11.0. The van der Waals surface area contributed by atoms with Gasteiger partial charge in [0.05, 0.1) is 19.1 Å². The molecular weight excluding hydrogens is 188 g/mol. The molecule has 0 bridgehead atoms. The van der Waals surface area contributed by atoms with E-state index < -0.39 is 30.1 Å². The summed E-state index contributed by atoms with van der Waals surface area (Å²) in [5.41, 5.74) is 0. The molecule has 0 aromatic heterocycles. The van der Waals surface area contributed by atoms with Crippen LogP contribution in [0.4, 0.5) is 0 Å². The van der Waals surface area contributed by atoms with Gasteiger partial charge in [-0.05, 0) is 13.8 Å². The van der Waals surface area contributed by atoms with Gasteiger partial charge in [-0.2, -0.15) is 0 Å². The van der Waals surface area contributed by atoms with Crippen molar-refractivity contribution in [2.24, 2.45) is 0 Å². The highest BCUT2D eigenvalue weighted by atomic mass is 16.7. The molecule has 0 amide bonds. The third kappa shape index (κ3) is 1.75. The van der Waals surface area contributed by atoms with Crippen LogP contribution in [0.2, 0.25) is 0 Å². The Labute approximate surface area is 81.9 Å². The Morgan fingerprint density at radius 3 is 2.93 bits per heavy atom. The lowest BCUT2D eigenvalue weighted by molar-refractivity contribution is -0.327. The molecule has 80 valence electrons. The number of fused-ring (bicyclic) bond motifs is 1. The maximum Gasteiger partial charge on any atom is 0.308 e. The summed E-state index contributed by atoms with van der Waals surface area (Å²) in [6.07, 6.45) is -1.72. The van der Waals surface area contributed by atoms with Gasteiger partial charge in [0, 0.05) is 0 Å². The number of rotatable bonds is 0. The Morgan fingerprint density at radius 2 is 2.21 bits per heavy atom. The van der Waals surface area contributed by atoms with E-state index in [2.05, 4.69) is 0 Å². The Kier molecular flexibility index (Phi) is 2.25. The first-order chi connectivity index (χ1) is 6.48. The van der Waals surface area contributed by atoms with E-state index in [1.54, 1.807) is 13.8 Å². The molecule has 0 aromatic rings. The first-order valence-electron chi connectivity index (χ1n) is 4.67. The quantitative estimate of drug-likeness (QED) is 0.552. The number of aliphatic hydroxyl groups excluding tert-OH is 1. The third-order valence-corrected chi connectivity index (χ3v) is 2.42. The number of hydrogen-bond donors (Lipinski definition) is 1. The fraction of sp³-hybridized carbons (Fsp3) is 0.889. The number of ether oxygens (including phenoxy) is 3. The van der Waals surface area contributed by atoms with Gasteiger partial charge in [-0.15, -0.1) is 0 Å². The SMILES string of the molecule is CC1(C)OC[C@H]2OC(=O)C[C@@H](O)[C@@H]2O1. The van der Waals surface area contributed by atoms with Crippen molar-refractivity contribution in [3.63, 3.8) is 0 Å². The van der Waals surface area contributed by atoms with Gasteiger partial charge in [-0.1, -0.05) is 0 Å². The van der Waals surface area contributed by atoms with E-state index in [4.69, 9.17) is 14.2 Å². The topological polar surface area (TPSA) is 65.0 Å². The lowest BCUT2D eigenvalue weighted by Gasteiger charge is -2.44. The van der Waals surface area contributed by atoms with Crippen molar-refractivity contribution >= 4 is 5.97 Å². The van der Waals surface area contributed by atoms with Crippen LogP contribution in [-0.2, 0) is 19.0 Å². The molecule has 2 fully saturated rings. The number of carbonyl (C=O) groups excluding carboxylic acids is 1. The molecule has 0 saturated carbocycles. The van der Waals surface area contributed by atoms with Gasteiger partial charge >= 0.3 is 5.97 Å². The van der Waals surface area contributed by atoms with E-state index in [-0.39, 0.29) is 13.0 Å².